The largest absolute Gasteiger partial charge is 0.310 e. The zero-order chi connectivity index (χ0) is 15.0. The first-order valence-corrected chi connectivity index (χ1v) is 7.56. The number of likely N-dealkylation sites (N-methyl/N-ethyl adjacent to an activating group) is 1. The van der Waals surface area contributed by atoms with Gasteiger partial charge in [0.05, 0.1) is 5.52 Å². The third-order valence-electron chi connectivity index (χ3n) is 4.10. The first-order valence-electron chi connectivity index (χ1n) is 7.56. The number of halogens is 1. The fourth-order valence-electron chi connectivity index (χ4n) is 2.94. The fourth-order valence-corrected chi connectivity index (χ4v) is 2.94. The minimum absolute atomic E-state index is 0.195. The fraction of sp³-hybridized carbons (Fsp3) is 0.471. The van der Waals surface area contributed by atoms with Gasteiger partial charge in [-0.1, -0.05) is 13.8 Å². The molecule has 0 fully saturated rings. The number of fused-ring (bicyclic) bond motifs is 2. The molecule has 112 valence electrons. The first kappa shape index (κ1) is 14.4. The molecule has 1 aromatic heterocycles. The van der Waals surface area contributed by atoms with Gasteiger partial charge in [-0.3, -0.25) is 4.98 Å². The van der Waals surface area contributed by atoms with Crippen LogP contribution < -0.4 is 5.32 Å². The van der Waals surface area contributed by atoms with Crippen LogP contribution in [-0.4, -0.2) is 29.5 Å². The highest BCUT2D eigenvalue weighted by Crippen LogP contribution is 2.28. The van der Waals surface area contributed by atoms with E-state index in [1.165, 1.54) is 22.9 Å². The second kappa shape index (κ2) is 5.70. The standard InChI is InChI=1S/C17H22FN3/c1-11(2)19-9-14-13-8-12(18)4-5-16(13)20-17-6-7-21(3)10-15(14)17/h4-5,8,11,19H,6-7,9-10H2,1-3H3. The Balaban J connectivity index is 2.16. The Morgan fingerprint density at radius 3 is 2.95 bits per heavy atom. The molecule has 0 bridgehead atoms. The lowest BCUT2D eigenvalue weighted by Crippen LogP contribution is -2.30. The number of nitrogens with zero attached hydrogens (tertiary/aromatic N) is 2. The number of benzene rings is 1. The zero-order valence-corrected chi connectivity index (χ0v) is 12.9. The van der Waals surface area contributed by atoms with Crippen molar-refractivity contribution in [1.82, 2.24) is 15.2 Å². The van der Waals surface area contributed by atoms with Gasteiger partial charge in [0.2, 0.25) is 0 Å². The lowest BCUT2D eigenvalue weighted by Gasteiger charge is -2.27. The summed E-state index contributed by atoms with van der Waals surface area (Å²) in [4.78, 5) is 7.06. The molecule has 0 unspecified atom stereocenters. The van der Waals surface area contributed by atoms with E-state index in [1.54, 1.807) is 12.1 Å². The summed E-state index contributed by atoms with van der Waals surface area (Å²) < 4.78 is 13.7. The van der Waals surface area contributed by atoms with Crippen molar-refractivity contribution < 1.29 is 4.39 Å². The Bertz CT molecular complexity index is 667. The molecule has 0 saturated heterocycles. The summed E-state index contributed by atoms with van der Waals surface area (Å²) in [5, 5.41) is 4.41. The highest BCUT2D eigenvalue weighted by atomic mass is 19.1. The van der Waals surface area contributed by atoms with E-state index in [1.807, 2.05) is 0 Å². The molecule has 3 rings (SSSR count). The lowest BCUT2D eigenvalue weighted by molar-refractivity contribution is 0.308. The van der Waals surface area contributed by atoms with Crippen LogP contribution in [0.3, 0.4) is 0 Å². The zero-order valence-electron chi connectivity index (χ0n) is 12.9. The summed E-state index contributed by atoms with van der Waals surface area (Å²) in [5.41, 5.74) is 4.55. The highest BCUT2D eigenvalue weighted by molar-refractivity contribution is 5.84. The lowest BCUT2D eigenvalue weighted by atomic mass is 9.95. The Hall–Kier alpha value is -1.52. The van der Waals surface area contributed by atoms with Crippen molar-refractivity contribution in [2.45, 2.75) is 39.4 Å². The second-order valence-electron chi connectivity index (χ2n) is 6.20. The maximum absolute atomic E-state index is 13.7. The van der Waals surface area contributed by atoms with Crippen LogP contribution in [0.5, 0.6) is 0 Å². The summed E-state index contributed by atoms with van der Waals surface area (Å²) in [7, 11) is 2.12. The van der Waals surface area contributed by atoms with Gasteiger partial charge in [-0.2, -0.15) is 0 Å². The predicted molar refractivity (Wildman–Crippen MR) is 83.7 cm³/mol. The van der Waals surface area contributed by atoms with Crippen LogP contribution >= 0.6 is 0 Å². The van der Waals surface area contributed by atoms with Crippen molar-refractivity contribution in [3.8, 4) is 0 Å². The molecule has 4 heteroatoms. The van der Waals surface area contributed by atoms with Gasteiger partial charge < -0.3 is 10.2 Å². The van der Waals surface area contributed by atoms with E-state index >= 15 is 0 Å². The maximum Gasteiger partial charge on any atom is 0.123 e. The molecule has 2 heterocycles. The van der Waals surface area contributed by atoms with Crippen LogP contribution in [-0.2, 0) is 19.5 Å². The Morgan fingerprint density at radius 1 is 1.38 bits per heavy atom. The van der Waals surface area contributed by atoms with Crippen LogP contribution in [0.4, 0.5) is 4.39 Å². The third-order valence-corrected chi connectivity index (χ3v) is 4.10. The van der Waals surface area contributed by atoms with Crippen molar-refractivity contribution in [2.24, 2.45) is 0 Å². The van der Waals surface area contributed by atoms with Crippen molar-refractivity contribution in [3.05, 3.63) is 40.8 Å². The topological polar surface area (TPSA) is 28.2 Å². The van der Waals surface area contributed by atoms with E-state index in [-0.39, 0.29) is 5.82 Å². The number of aromatic nitrogens is 1. The van der Waals surface area contributed by atoms with Gasteiger partial charge in [0, 0.05) is 43.2 Å². The minimum Gasteiger partial charge on any atom is -0.310 e. The molecule has 2 aromatic rings. The molecular formula is C17H22FN3. The van der Waals surface area contributed by atoms with Crippen LogP contribution in [0.2, 0.25) is 0 Å². The smallest absolute Gasteiger partial charge is 0.123 e. The molecule has 0 saturated carbocycles. The van der Waals surface area contributed by atoms with E-state index in [0.717, 1.165) is 37.0 Å². The van der Waals surface area contributed by atoms with E-state index in [4.69, 9.17) is 4.98 Å². The first-order chi connectivity index (χ1) is 10.0. The summed E-state index contributed by atoms with van der Waals surface area (Å²) in [6.45, 7) is 6.94. The molecule has 3 nitrogen and oxygen atoms in total. The normalized spacial score (nSPS) is 15.7. The Morgan fingerprint density at radius 2 is 2.19 bits per heavy atom. The van der Waals surface area contributed by atoms with E-state index < -0.39 is 0 Å². The van der Waals surface area contributed by atoms with Crippen LogP contribution in [0, 0.1) is 5.82 Å². The Labute approximate surface area is 125 Å². The highest BCUT2D eigenvalue weighted by Gasteiger charge is 2.20. The van der Waals surface area contributed by atoms with Crippen molar-refractivity contribution in [2.75, 3.05) is 13.6 Å². The average molecular weight is 287 g/mol. The number of rotatable bonds is 3. The van der Waals surface area contributed by atoms with Crippen LogP contribution in [0.25, 0.3) is 10.9 Å². The van der Waals surface area contributed by atoms with Gasteiger partial charge in [-0.15, -0.1) is 0 Å². The monoisotopic (exact) mass is 287 g/mol. The molecule has 1 aliphatic rings. The summed E-state index contributed by atoms with van der Waals surface area (Å²) in [6, 6.07) is 5.31. The van der Waals surface area contributed by atoms with E-state index in [2.05, 4.69) is 31.1 Å². The molecule has 0 spiro atoms. The number of pyridine rings is 1. The average Bonchev–Trinajstić information content (AvgIpc) is 2.44. The summed E-state index contributed by atoms with van der Waals surface area (Å²) >= 11 is 0. The molecule has 1 aliphatic heterocycles. The van der Waals surface area contributed by atoms with Crippen LogP contribution in [0.15, 0.2) is 18.2 Å². The number of hydrogen-bond acceptors (Lipinski definition) is 3. The van der Waals surface area contributed by atoms with E-state index in [0.29, 0.717) is 6.04 Å². The van der Waals surface area contributed by atoms with Crippen molar-refractivity contribution >= 4 is 10.9 Å². The summed E-state index contributed by atoms with van der Waals surface area (Å²) in [6.07, 6.45) is 0.966. The quantitative estimate of drug-likeness (QED) is 0.941. The molecule has 0 atom stereocenters. The number of nitrogens with one attached hydrogen (secondary N) is 1. The minimum atomic E-state index is -0.195. The van der Waals surface area contributed by atoms with Gasteiger partial charge in [-0.05, 0) is 36.4 Å². The van der Waals surface area contributed by atoms with Gasteiger partial charge >= 0.3 is 0 Å². The SMILES string of the molecule is CC(C)NCc1c2c(nc3ccc(F)cc13)CCN(C)C2. The van der Waals surface area contributed by atoms with Gasteiger partial charge in [-0.25, -0.2) is 4.39 Å². The maximum atomic E-state index is 13.7. The predicted octanol–water partition coefficient (Wildman–Crippen LogP) is 2.86. The summed E-state index contributed by atoms with van der Waals surface area (Å²) in [5.74, 6) is -0.195. The van der Waals surface area contributed by atoms with Gasteiger partial charge in [0.25, 0.3) is 0 Å². The van der Waals surface area contributed by atoms with Gasteiger partial charge in [0.1, 0.15) is 5.82 Å². The molecule has 1 N–H and O–H groups in total. The van der Waals surface area contributed by atoms with Crippen LogP contribution in [0.1, 0.15) is 30.7 Å². The van der Waals surface area contributed by atoms with Crippen molar-refractivity contribution in [3.63, 3.8) is 0 Å². The molecule has 0 radical (unpaired) electrons. The second-order valence-corrected chi connectivity index (χ2v) is 6.20. The molecule has 21 heavy (non-hydrogen) atoms. The molecular weight excluding hydrogens is 265 g/mol. The molecule has 1 aromatic carbocycles. The van der Waals surface area contributed by atoms with Crippen molar-refractivity contribution in [1.29, 1.82) is 0 Å². The molecule has 0 amide bonds. The van der Waals surface area contributed by atoms with E-state index in [9.17, 15) is 4.39 Å². The number of hydrogen-bond donors (Lipinski definition) is 1. The Kier molecular flexibility index (Phi) is 3.91. The third kappa shape index (κ3) is 2.92. The molecule has 0 aliphatic carbocycles. The van der Waals surface area contributed by atoms with Gasteiger partial charge in [0.15, 0.2) is 0 Å².